The number of rotatable bonds is 2. The molecule has 1 aromatic rings. The molecule has 0 saturated carbocycles. The van der Waals surface area contributed by atoms with Crippen LogP contribution in [-0.2, 0) is 0 Å². The van der Waals surface area contributed by atoms with E-state index >= 15 is 0 Å². The number of benzene rings is 1. The third kappa shape index (κ3) is 1.91. The number of carbonyl (C=O) groups excluding carboxylic acids is 1. The fraction of sp³-hybridized carbons (Fsp3) is 0.300. The molecule has 1 rings (SSSR count). The number of carbonyl (C=O) groups is 1. The second-order valence-corrected chi connectivity index (χ2v) is 3.17. The van der Waals surface area contributed by atoms with Crippen molar-refractivity contribution in [2.45, 2.75) is 19.8 Å². The number of hydrogen-bond acceptors (Lipinski definition) is 1. The Kier molecular flexibility index (Phi) is 2.76. The minimum Gasteiger partial charge on any atom is -0.298 e. The summed E-state index contributed by atoms with van der Waals surface area (Å²) in [5.41, 5.74) is 0.0602. The summed E-state index contributed by atoms with van der Waals surface area (Å²) >= 11 is 0. The van der Waals surface area contributed by atoms with E-state index in [9.17, 15) is 13.6 Å². The molecule has 0 bridgehead atoms. The highest BCUT2D eigenvalue weighted by Crippen LogP contribution is 2.19. The van der Waals surface area contributed by atoms with E-state index < -0.39 is 17.2 Å². The molecule has 13 heavy (non-hydrogen) atoms. The van der Waals surface area contributed by atoms with Crippen LogP contribution in [-0.4, -0.2) is 6.29 Å². The predicted octanol–water partition coefficient (Wildman–Crippen LogP) is 2.90. The van der Waals surface area contributed by atoms with Gasteiger partial charge in [-0.2, -0.15) is 0 Å². The topological polar surface area (TPSA) is 17.1 Å². The van der Waals surface area contributed by atoms with Gasteiger partial charge in [0, 0.05) is 0 Å². The highest BCUT2D eigenvalue weighted by Gasteiger charge is 2.11. The molecule has 0 amide bonds. The van der Waals surface area contributed by atoms with Gasteiger partial charge < -0.3 is 0 Å². The molecule has 0 aliphatic rings. The highest BCUT2D eigenvalue weighted by molar-refractivity contribution is 5.75. The zero-order valence-electron chi connectivity index (χ0n) is 7.47. The molecule has 1 nitrogen and oxygen atoms in total. The molecule has 0 spiro atoms. The molecule has 0 unspecified atom stereocenters. The molecular weight excluding hydrogens is 174 g/mol. The minimum atomic E-state index is -0.793. The Bertz CT molecular complexity index is 309. The van der Waals surface area contributed by atoms with Gasteiger partial charge in [-0.1, -0.05) is 13.8 Å². The third-order valence-corrected chi connectivity index (χ3v) is 1.89. The van der Waals surface area contributed by atoms with Gasteiger partial charge in [-0.3, -0.25) is 4.79 Å². The molecule has 0 heterocycles. The first-order valence-electron chi connectivity index (χ1n) is 4.00. The number of aldehydes is 1. The summed E-state index contributed by atoms with van der Waals surface area (Å²) in [4.78, 5) is 10.2. The summed E-state index contributed by atoms with van der Waals surface area (Å²) in [5, 5.41) is 0. The van der Waals surface area contributed by atoms with E-state index in [2.05, 4.69) is 0 Å². The molecule has 0 radical (unpaired) electrons. The van der Waals surface area contributed by atoms with Gasteiger partial charge in [-0.25, -0.2) is 8.78 Å². The van der Waals surface area contributed by atoms with Crippen molar-refractivity contribution in [2.75, 3.05) is 0 Å². The van der Waals surface area contributed by atoms with Crippen LogP contribution in [0.25, 0.3) is 0 Å². The Morgan fingerprint density at radius 2 is 1.69 bits per heavy atom. The molecule has 0 aliphatic heterocycles. The second-order valence-electron chi connectivity index (χ2n) is 3.17. The molecule has 0 N–H and O–H groups in total. The van der Waals surface area contributed by atoms with Gasteiger partial charge in [0.25, 0.3) is 0 Å². The lowest BCUT2D eigenvalue weighted by atomic mass is 10.0. The lowest BCUT2D eigenvalue weighted by Crippen LogP contribution is -1.98. The zero-order chi connectivity index (χ0) is 10.0. The van der Waals surface area contributed by atoms with Crippen molar-refractivity contribution in [1.82, 2.24) is 0 Å². The van der Waals surface area contributed by atoms with E-state index in [1.807, 2.05) is 13.8 Å². The van der Waals surface area contributed by atoms with Crippen molar-refractivity contribution < 1.29 is 13.6 Å². The van der Waals surface area contributed by atoms with Crippen LogP contribution in [0.5, 0.6) is 0 Å². The number of halogens is 2. The van der Waals surface area contributed by atoms with Gasteiger partial charge in [0.15, 0.2) is 6.29 Å². The maximum absolute atomic E-state index is 13.0. The molecule has 3 heteroatoms. The first kappa shape index (κ1) is 9.84. The molecular formula is C10H10F2O. The van der Waals surface area contributed by atoms with Gasteiger partial charge in [0.2, 0.25) is 0 Å². The lowest BCUT2D eigenvalue weighted by Gasteiger charge is -2.06. The molecule has 0 saturated heterocycles. The normalized spacial score (nSPS) is 10.5. The summed E-state index contributed by atoms with van der Waals surface area (Å²) in [6, 6.07) is 2.38. The monoisotopic (exact) mass is 184 g/mol. The van der Waals surface area contributed by atoms with Gasteiger partial charge >= 0.3 is 0 Å². The lowest BCUT2D eigenvalue weighted by molar-refractivity contribution is 0.111. The summed E-state index contributed by atoms with van der Waals surface area (Å²) < 4.78 is 26.0. The summed E-state index contributed by atoms with van der Waals surface area (Å²) in [6.07, 6.45) is 0.189. The maximum atomic E-state index is 13.0. The average molecular weight is 184 g/mol. The molecule has 1 aromatic carbocycles. The Balaban J connectivity index is 3.28. The van der Waals surface area contributed by atoms with Gasteiger partial charge in [0.05, 0.1) is 5.56 Å². The van der Waals surface area contributed by atoms with Crippen molar-refractivity contribution in [1.29, 1.82) is 0 Å². The van der Waals surface area contributed by atoms with Crippen molar-refractivity contribution in [3.05, 3.63) is 34.9 Å². The number of hydrogen-bond donors (Lipinski definition) is 0. The highest BCUT2D eigenvalue weighted by atomic mass is 19.1. The fourth-order valence-electron chi connectivity index (χ4n) is 1.05. The van der Waals surface area contributed by atoms with E-state index in [0.717, 1.165) is 0 Å². The van der Waals surface area contributed by atoms with E-state index in [-0.39, 0.29) is 12.2 Å². The van der Waals surface area contributed by atoms with E-state index in [4.69, 9.17) is 0 Å². The summed E-state index contributed by atoms with van der Waals surface area (Å²) in [7, 11) is 0. The van der Waals surface area contributed by atoms with Gasteiger partial charge in [-0.05, 0) is 23.6 Å². The Hall–Kier alpha value is -1.25. The molecule has 70 valence electrons. The smallest absolute Gasteiger partial charge is 0.155 e. The third-order valence-electron chi connectivity index (χ3n) is 1.89. The molecule has 0 aromatic heterocycles. The fourth-order valence-corrected chi connectivity index (χ4v) is 1.05. The van der Waals surface area contributed by atoms with Crippen LogP contribution in [0.2, 0.25) is 0 Å². The minimum absolute atomic E-state index is 0.0460. The van der Waals surface area contributed by atoms with Crippen molar-refractivity contribution >= 4 is 6.29 Å². The Morgan fingerprint density at radius 3 is 2.00 bits per heavy atom. The molecule has 0 atom stereocenters. The van der Waals surface area contributed by atoms with E-state index in [1.54, 1.807) is 0 Å². The summed E-state index contributed by atoms with van der Waals surface area (Å²) in [5.74, 6) is -1.54. The first-order valence-corrected chi connectivity index (χ1v) is 4.00. The van der Waals surface area contributed by atoms with Crippen LogP contribution in [0.15, 0.2) is 12.1 Å². The zero-order valence-corrected chi connectivity index (χ0v) is 7.47. The second kappa shape index (κ2) is 3.64. The quantitative estimate of drug-likeness (QED) is 0.646. The first-order chi connectivity index (χ1) is 6.06. The molecule has 0 aliphatic carbocycles. The van der Waals surface area contributed by atoms with Crippen LogP contribution in [0, 0.1) is 11.6 Å². The van der Waals surface area contributed by atoms with E-state index in [1.165, 1.54) is 12.1 Å². The van der Waals surface area contributed by atoms with Crippen molar-refractivity contribution in [3.63, 3.8) is 0 Å². The predicted molar refractivity (Wildman–Crippen MR) is 45.8 cm³/mol. The van der Waals surface area contributed by atoms with Crippen LogP contribution < -0.4 is 0 Å². The van der Waals surface area contributed by atoms with Crippen LogP contribution >= 0.6 is 0 Å². The van der Waals surface area contributed by atoms with Gasteiger partial charge in [-0.15, -0.1) is 0 Å². The van der Waals surface area contributed by atoms with Crippen molar-refractivity contribution in [2.24, 2.45) is 0 Å². The Labute approximate surface area is 75.4 Å². The standard InChI is InChI=1S/C10H10F2O/c1-6(2)7-3-9(11)8(5-13)10(12)4-7/h3-6H,1-2H3. The Morgan fingerprint density at radius 1 is 1.23 bits per heavy atom. The maximum Gasteiger partial charge on any atom is 0.155 e. The largest absolute Gasteiger partial charge is 0.298 e. The van der Waals surface area contributed by atoms with E-state index in [0.29, 0.717) is 5.56 Å². The SMILES string of the molecule is CC(C)c1cc(F)c(C=O)c(F)c1. The van der Waals surface area contributed by atoms with Crippen molar-refractivity contribution in [3.8, 4) is 0 Å². The summed E-state index contributed by atoms with van der Waals surface area (Å²) in [6.45, 7) is 3.66. The average Bonchev–Trinajstić information content (AvgIpc) is 2.03. The van der Waals surface area contributed by atoms with Crippen LogP contribution in [0.1, 0.15) is 35.7 Å². The van der Waals surface area contributed by atoms with Crippen LogP contribution in [0.3, 0.4) is 0 Å². The van der Waals surface area contributed by atoms with Gasteiger partial charge in [0.1, 0.15) is 11.6 Å². The molecule has 0 fully saturated rings. The van der Waals surface area contributed by atoms with Crippen LogP contribution in [0.4, 0.5) is 8.78 Å².